The number of rotatable bonds is 7. The lowest BCUT2D eigenvalue weighted by atomic mass is 10.3. The van der Waals surface area contributed by atoms with Gasteiger partial charge in [0.05, 0.1) is 22.6 Å². The standard InChI is InChI=1S/C17H23N3O4S3/c1-2-24-17(21)19-8-10-20(11-9-19)27(22,23)13-5-12-25-16-18-14-6-3-4-7-15(14)26-16/h3-4,6-7H,2,5,8-13H2,1H3. The predicted molar refractivity (Wildman–Crippen MR) is 109 cm³/mol. The van der Waals surface area contributed by atoms with Crippen LogP contribution in [0, 0.1) is 0 Å². The van der Waals surface area contributed by atoms with Gasteiger partial charge in [-0.1, -0.05) is 23.9 Å². The Kier molecular flexibility index (Phi) is 6.96. The number of piperazine rings is 1. The SMILES string of the molecule is CCOC(=O)N1CCN(S(=O)(=O)CCCSc2nc3ccccc3s2)CC1. The molecule has 0 saturated carbocycles. The Morgan fingerprint density at radius 3 is 2.70 bits per heavy atom. The van der Waals surface area contributed by atoms with Gasteiger partial charge >= 0.3 is 6.09 Å². The van der Waals surface area contributed by atoms with Gasteiger partial charge in [0, 0.05) is 31.9 Å². The van der Waals surface area contributed by atoms with E-state index in [0.29, 0.717) is 45.0 Å². The maximum absolute atomic E-state index is 12.5. The third-order valence-electron chi connectivity index (χ3n) is 4.20. The lowest BCUT2D eigenvalue weighted by Gasteiger charge is -2.33. The van der Waals surface area contributed by atoms with Crippen molar-refractivity contribution in [3.05, 3.63) is 24.3 Å². The molecular formula is C17H23N3O4S3. The molecule has 10 heteroatoms. The average Bonchev–Trinajstić information content (AvgIpc) is 3.08. The van der Waals surface area contributed by atoms with Crippen LogP contribution in [0.2, 0.25) is 0 Å². The van der Waals surface area contributed by atoms with E-state index in [2.05, 4.69) is 4.98 Å². The van der Waals surface area contributed by atoms with Gasteiger partial charge in [0.1, 0.15) is 0 Å². The van der Waals surface area contributed by atoms with Crippen molar-refractivity contribution in [2.24, 2.45) is 0 Å². The first-order chi connectivity index (χ1) is 13.0. The summed E-state index contributed by atoms with van der Waals surface area (Å²) in [5, 5.41) is 0. The van der Waals surface area contributed by atoms with Gasteiger partial charge in [-0.05, 0) is 25.5 Å². The fourth-order valence-electron chi connectivity index (χ4n) is 2.81. The van der Waals surface area contributed by atoms with Crippen molar-refractivity contribution in [3.63, 3.8) is 0 Å². The second-order valence-electron chi connectivity index (χ2n) is 6.05. The number of ether oxygens (including phenoxy) is 1. The van der Waals surface area contributed by atoms with E-state index in [1.807, 2.05) is 24.3 Å². The molecule has 1 fully saturated rings. The molecule has 0 radical (unpaired) electrons. The van der Waals surface area contributed by atoms with Crippen molar-refractivity contribution < 1.29 is 17.9 Å². The number of aromatic nitrogens is 1. The number of carbonyl (C=O) groups is 1. The van der Waals surface area contributed by atoms with Crippen LogP contribution in [0.25, 0.3) is 10.2 Å². The van der Waals surface area contributed by atoms with Gasteiger partial charge in [0.25, 0.3) is 0 Å². The highest BCUT2D eigenvalue weighted by atomic mass is 32.2. The number of benzene rings is 1. The molecule has 1 aliphatic rings. The molecule has 1 aromatic carbocycles. The summed E-state index contributed by atoms with van der Waals surface area (Å²) in [5.74, 6) is 0.826. The van der Waals surface area contributed by atoms with Crippen LogP contribution in [0.3, 0.4) is 0 Å². The minimum Gasteiger partial charge on any atom is -0.450 e. The molecule has 0 N–H and O–H groups in total. The topological polar surface area (TPSA) is 79.8 Å². The highest BCUT2D eigenvalue weighted by Crippen LogP contribution is 2.29. The smallest absolute Gasteiger partial charge is 0.409 e. The highest BCUT2D eigenvalue weighted by molar-refractivity contribution is 8.01. The highest BCUT2D eigenvalue weighted by Gasteiger charge is 2.28. The van der Waals surface area contributed by atoms with Crippen molar-refractivity contribution in [3.8, 4) is 0 Å². The van der Waals surface area contributed by atoms with E-state index in [-0.39, 0.29) is 11.8 Å². The third-order valence-corrected chi connectivity index (χ3v) is 8.43. The largest absolute Gasteiger partial charge is 0.450 e. The zero-order valence-electron chi connectivity index (χ0n) is 15.2. The summed E-state index contributed by atoms with van der Waals surface area (Å²) in [6.45, 7) is 3.48. The second-order valence-corrected chi connectivity index (χ2v) is 10.5. The number of amides is 1. The molecule has 3 rings (SSSR count). The number of thiazole rings is 1. The van der Waals surface area contributed by atoms with E-state index >= 15 is 0 Å². The van der Waals surface area contributed by atoms with E-state index in [1.54, 1.807) is 34.9 Å². The first-order valence-electron chi connectivity index (χ1n) is 8.87. The van der Waals surface area contributed by atoms with Crippen molar-refractivity contribution in [1.29, 1.82) is 0 Å². The first kappa shape index (κ1) is 20.4. The maximum atomic E-state index is 12.5. The van der Waals surface area contributed by atoms with Crippen LogP contribution >= 0.6 is 23.1 Å². The van der Waals surface area contributed by atoms with E-state index in [1.165, 1.54) is 4.31 Å². The van der Waals surface area contributed by atoms with Crippen LogP contribution < -0.4 is 0 Å². The molecule has 1 aliphatic heterocycles. The van der Waals surface area contributed by atoms with Gasteiger partial charge < -0.3 is 9.64 Å². The summed E-state index contributed by atoms with van der Waals surface area (Å²) in [6, 6.07) is 7.97. The fraction of sp³-hybridized carbons (Fsp3) is 0.529. The number of nitrogens with zero attached hydrogens (tertiary/aromatic N) is 3. The van der Waals surface area contributed by atoms with Gasteiger partial charge in [-0.2, -0.15) is 4.31 Å². The maximum Gasteiger partial charge on any atom is 0.409 e. The molecule has 1 aromatic heterocycles. The molecular weight excluding hydrogens is 406 g/mol. The number of fused-ring (bicyclic) bond motifs is 1. The molecule has 0 unspecified atom stereocenters. The van der Waals surface area contributed by atoms with Gasteiger partial charge in [-0.15, -0.1) is 11.3 Å². The minimum absolute atomic E-state index is 0.115. The molecule has 2 aromatic rings. The Morgan fingerprint density at radius 1 is 1.26 bits per heavy atom. The monoisotopic (exact) mass is 429 g/mol. The number of hydrogen-bond donors (Lipinski definition) is 0. The summed E-state index contributed by atoms with van der Waals surface area (Å²) in [7, 11) is -3.30. The Morgan fingerprint density at radius 2 is 2.00 bits per heavy atom. The molecule has 0 atom stereocenters. The zero-order chi connectivity index (χ0) is 19.3. The summed E-state index contributed by atoms with van der Waals surface area (Å²) in [5.41, 5.74) is 0.983. The quantitative estimate of drug-likeness (QED) is 0.497. The van der Waals surface area contributed by atoms with Crippen LogP contribution in [0.15, 0.2) is 28.6 Å². The lowest BCUT2D eigenvalue weighted by molar-refractivity contribution is 0.0934. The van der Waals surface area contributed by atoms with E-state index in [9.17, 15) is 13.2 Å². The molecule has 2 heterocycles. The van der Waals surface area contributed by atoms with E-state index in [4.69, 9.17) is 4.74 Å². The molecule has 7 nitrogen and oxygen atoms in total. The van der Waals surface area contributed by atoms with Gasteiger partial charge in [-0.25, -0.2) is 18.2 Å². The second kappa shape index (κ2) is 9.22. The lowest BCUT2D eigenvalue weighted by Crippen LogP contribution is -2.51. The predicted octanol–water partition coefficient (Wildman–Crippen LogP) is 2.88. The van der Waals surface area contributed by atoms with Crippen molar-refractivity contribution in [1.82, 2.24) is 14.2 Å². The van der Waals surface area contributed by atoms with Crippen LogP contribution in [-0.2, 0) is 14.8 Å². The molecule has 1 saturated heterocycles. The molecule has 0 spiro atoms. The summed E-state index contributed by atoms with van der Waals surface area (Å²) >= 11 is 3.23. The summed E-state index contributed by atoms with van der Waals surface area (Å²) < 4.78 is 33.6. The van der Waals surface area contributed by atoms with Crippen LogP contribution in [0.5, 0.6) is 0 Å². The normalized spacial score (nSPS) is 16.0. The number of hydrogen-bond acceptors (Lipinski definition) is 7. The fourth-order valence-corrected chi connectivity index (χ4v) is 6.55. The number of thioether (sulfide) groups is 1. The molecule has 1 amide bonds. The van der Waals surface area contributed by atoms with Crippen LogP contribution in [0.4, 0.5) is 4.79 Å². The molecule has 27 heavy (non-hydrogen) atoms. The van der Waals surface area contributed by atoms with Gasteiger partial charge in [0.2, 0.25) is 10.0 Å². The van der Waals surface area contributed by atoms with Crippen molar-refractivity contribution >= 4 is 49.4 Å². The van der Waals surface area contributed by atoms with Gasteiger partial charge in [0.15, 0.2) is 4.34 Å². The van der Waals surface area contributed by atoms with Crippen LogP contribution in [0.1, 0.15) is 13.3 Å². The minimum atomic E-state index is -3.30. The zero-order valence-corrected chi connectivity index (χ0v) is 17.6. The number of carbonyl (C=O) groups excluding carboxylic acids is 1. The Bertz CT molecular complexity index is 843. The Hall–Kier alpha value is -1.36. The summed E-state index contributed by atoms with van der Waals surface area (Å²) in [6.07, 6.45) is 0.197. The van der Waals surface area contributed by atoms with E-state index in [0.717, 1.165) is 14.6 Å². The molecule has 148 valence electrons. The Balaban J connectivity index is 1.43. The van der Waals surface area contributed by atoms with Gasteiger partial charge in [-0.3, -0.25) is 0 Å². The van der Waals surface area contributed by atoms with E-state index < -0.39 is 10.0 Å². The molecule has 0 aliphatic carbocycles. The van der Waals surface area contributed by atoms with Crippen LogP contribution in [-0.4, -0.2) is 73.0 Å². The number of sulfonamides is 1. The number of para-hydroxylation sites is 1. The van der Waals surface area contributed by atoms with Crippen molar-refractivity contribution in [2.75, 3.05) is 44.3 Å². The van der Waals surface area contributed by atoms with Crippen molar-refractivity contribution in [2.45, 2.75) is 17.7 Å². The summed E-state index contributed by atoms with van der Waals surface area (Å²) in [4.78, 5) is 17.8. The average molecular weight is 430 g/mol. The Labute approximate surface area is 167 Å². The molecule has 0 bridgehead atoms. The first-order valence-corrected chi connectivity index (χ1v) is 12.3. The third kappa shape index (κ3) is 5.34.